The van der Waals surface area contributed by atoms with E-state index in [4.69, 9.17) is 10.2 Å². The molecule has 2 aromatic rings. The summed E-state index contributed by atoms with van der Waals surface area (Å²) in [5.74, 6) is -0.412. The largest absolute Gasteiger partial charge is 0.477 e. The van der Waals surface area contributed by atoms with Crippen LogP contribution < -0.4 is 5.73 Å². The number of fused-ring (bicyclic) bond motifs is 1. The van der Waals surface area contributed by atoms with E-state index in [0.717, 1.165) is 10.5 Å². The topological polar surface area (TPSA) is 110 Å². The quantitative estimate of drug-likeness (QED) is 0.781. The van der Waals surface area contributed by atoms with Gasteiger partial charge in [0.25, 0.3) is 0 Å². The van der Waals surface area contributed by atoms with Crippen molar-refractivity contribution in [2.75, 3.05) is 5.75 Å². The third-order valence-electron chi connectivity index (χ3n) is 3.95. The number of aromatic nitrogens is 1. The fraction of sp³-hybridized carbons (Fsp3) is 0.188. The maximum absolute atomic E-state index is 11.9. The zero-order valence-corrected chi connectivity index (χ0v) is 14.4. The molecule has 3 heterocycles. The molecule has 0 radical (unpaired) electrons. The van der Waals surface area contributed by atoms with Gasteiger partial charge in [0.2, 0.25) is 11.8 Å². The fourth-order valence-electron chi connectivity index (χ4n) is 2.74. The number of carbonyl (C=O) groups is 2. The number of carboxylic acid groups (broad SMARTS) is 1. The lowest BCUT2D eigenvalue weighted by Gasteiger charge is -2.47. The Labute approximate surface area is 151 Å². The van der Waals surface area contributed by atoms with Crippen LogP contribution in [0.25, 0.3) is 11.5 Å². The Kier molecular flexibility index (Phi) is 4.06. The summed E-state index contributed by atoms with van der Waals surface area (Å²) in [6.45, 7) is 0. The summed E-state index contributed by atoms with van der Waals surface area (Å²) < 4.78 is 5.25. The SMILES string of the molecule is N[C@@H]1C(=O)N2C(C(=O)O)=C(Sc3ccc(-c4ncco4)cc3)CS[C@H]12. The lowest BCUT2D eigenvalue weighted by atomic mass is 10.1. The highest BCUT2D eigenvalue weighted by molar-refractivity contribution is 8.06. The summed E-state index contributed by atoms with van der Waals surface area (Å²) in [4.78, 5) is 30.5. The molecule has 4 rings (SSSR count). The monoisotopic (exact) mass is 375 g/mol. The number of amides is 1. The highest BCUT2D eigenvalue weighted by atomic mass is 32.2. The number of carbonyl (C=O) groups excluding carboxylic acids is 1. The first-order valence-electron chi connectivity index (χ1n) is 7.41. The number of aliphatic carboxylic acids is 1. The Morgan fingerprint density at radius 1 is 1.40 bits per heavy atom. The molecule has 1 aromatic carbocycles. The maximum Gasteiger partial charge on any atom is 0.353 e. The van der Waals surface area contributed by atoms with Crippen LogP contribution in [0, 0.1) is 0 Å². The van der Waals surface area contributed by atoms with Crippen molar-refractivity contribution in [3.8, 4) is 11.5 Å². The summed E-state index contributed by atoms with van der Waals surface area (Å²) in [6, 6.07) is 6.84. The first-order valence-corrected chi connectivity index (χ1v) is 9.27. The minimum atomic E-state index is -1.11. The van der Waals surface area contributed by atoms with Gasteiger partial charge in [0.05, 0.1) is 6.20 Å². The van der Waals surface area contributed by atoms with Gasteiger partial charge in [0, 0.05) is 21.1 Å². The van der Waals surface area contributed by atoms with Crippen LogP contribution in [-0.2, 0) is 9.59 Å². The van der Waals surface area contributed by atoms with Crippen molar-refractivity contribution in [1.82, 2.24) is 9.88 Å². The van der Waals surface area contributed by atoms with Gasteiger partial charge in [-0.05, 0) is 24.3 Å². The number of oxazole rings is 1. The predicted octanol–water partition coefficient (Wildman–Crippen LogP) is 1.97. The molecular weight excluding hydrogens is 362 g/mol. The molecular formula is C16H13N3O4S2. The highest BCUT2D eigenvalue weighted by Gasteiger charge is 2.51. The van der Waals surface area contributed by atoms with Crippen LogP contribution in [-0.4, -0.2) is 44.0 Å². The molecule has 1 saturated heterocycles. The smallest absolute Gasteiger partial charge is 0.353 e. The normalized spacial score (nSPS) is 22.6. The number of rotatable bonds is 4. The zero-order chi connectivity index (χ0) is 17.6. The van der Waals surface area contributed by atoms with Crippen LogP contribution in [0.5, 0.6) is 0 Å². The van der Waals surface area contributed by atoms with E-state index in [0.29, 0.717) is 16.5 Å². The summed E-state index contributed by atoms with van der Waals surface area (Å²) in [7, 11) is 0. The Balaban J connectivity index is 1.60. The average Bonchev–Trinajstić information content (AvgIpc) is 3.15. The number of hydrogen-bond acceptors (Lipinski definition) is 7. The summed E-state index contributed by atoms with van der Waals surface area (Å²) in [5.41, 5.74) is 6.63. The van der Waals surface area contributed by atoms with Crippen LogP contribution in [0.1, 0.15) is 0 Å². The minimum Gasteiger partial charge on any atom is -0.477 e. The van der Waals surface area contributed by atoms with Crippen LogP contribution in [0.2, 0.25) is 0 Å². The Morgan fingerprint density at radius 2 is 2.16 bits per heavy atom. The van der Waals surface area contributed by atoms with Crippen LogP contribution in [0.3, 0.4) is 0 Å². The van der Waals surface area contributed by atoms with Crippen molar-refractivity contribution >= 4 is 35.4 Å². The molecule has 2 aliphatic heterocycles. The first kappa shape index (κ1) is 16.2. The minimum absolute atomic E-state index is 0.0391. The number of nitrogens with zero attached hydrogens (tertiary/aromatic N) is 2. The molecule has 0 saturated carbocycles. The summed E-state index contributed by atoms with van der Waals surface area (Å²) in [5, 5.41) is 9.26. The highest BCUT2D eigenvalue weighted by Crippen LogP contribution is 2.44. The molecule has 128 valence electrons. The Hall–Kier alpha value is -2.23. The lowest BCUT2D eigenvalue weighted by molar-refractivity contribution is -0.147. The summed E-state index contributed by atoms with van der Waals surface area (Å²) >= 11 is 2.83. The molecule has 0 aliphatic carbocycles. The van der Waals surface area contributed by atoms with Crippen molar-refractivity contribution in [2.24, 2.45) is 5.73 Å². The zero-order valence-electron chi connectivity index (χ0n) is 12.8. The third-order valence-corrected chi connectivity index (χ3v) is 6.53. The van der Waals surface area contributed by atoms with Crippen LogP contribution >= 0.6 is 23.5 Å². The molecule has 25 heavy (non-hydrogen) atoms. The van der Waals surface area contributed by atoms with Gasteiger partial charge in [-0.15, -0.1) is 11.8 Å². The lowest BCUT2D eigenvalue weighted by Crippen LogP contribution is -2.68. The van der Waals surface area contributed by atoms with E-state index < -0.39 is 12.0 Å². The molecule has 1 fully saturated rings. The van der Waals surface area contributed by atoms with E-state index in [9.17, 15) is 14.7 Å². The Bertz CT molecular complexity index is 864. The van der Waals surface area contributed by atoms with E-state index in [2.05, 4.69) is 4.98 Å². The van der Waals surface area contributed by atoms with E-state index in [1.54, 1.807) is 6.20 Å². The van der Waals surface area contributed by atoms with Crippen LogP contribution in [0.15, 0.2) is 56.6 Å². The second-order valence-corrected chi connectivity index (χ2v) is 7.75. The van der Waals surface area contributed by atoms with Gasteiger partial charge in [0.15, 0.2) is 0 Å². The molecule has 3 N–H and O–H groups in total. The van der Waals surface area contributed by atoms with Gasteiger partial charge in [-0.1, -0.05) is 11.8 Å². The van der Waals surface area contributed by atoms with E-state index in [1.165, 1.54) is 34.7 Å². The standard InChI is InChI=1S/C16H13N3O4S2/c17-11-14(20)19-12(16(21)22)10(7-24-15(11)19)25-9-3-1-8(2-4-9)13-18-5-6-23-13/h1-6,11,15H,7,17H2,(H,21,22)/t11-,15-/m1/s1. The fourth-order valence-corrected chi connectivity index (χ4v) is 5.16. The molecule has 1 amide bonds. The van der Waals surface area contributed by atoms with Gasteiger partial charge >= 0.3 is 5.97 Å². The first-order chi connectivity index (χ1) is 12.1. The molecule has 9 heteroatoms. The van der Waals surface area contributed by atoms with Gasteiger partial charge in [-0.2, -0.15) is 0 Å². The number of carboxylic acids is 1. The number of β-lactam (4-membered cyclic amide) rings is 1. The van der Waals surface area contributed by atoms with Crippen molar-refractivity contribution in [3.05, 3.63) is 47.3 Å². The summed E-state index contributed by atoms with van der Waals surface area (Å²) in [6.07, 6.45) is 3.08. The number of hydrogen-bond donors (Lipinski definition) is 2. The van der Waals surface area contributed by atoms with E-state index in [-0.39, 0.29) is 17.0 Å². The molecule has 1 aromatic heterocycles. The van der Waals surface area contributed by atoms with E-state index in [1.807, 2.05) is 24.3 Å². The van der Waals surface area contributed by atoms with Gasteiger partial charge in [-0.3, -0.25) is 9.69 Å². The van der Waals surface area contributed by atoms with Crippen molar-refractivity contribution in [2.45, 2.75) is 16.3 Å². The van der Waals surface area contributed by atoms with Gasteiger partial charge in [0.1, 0.15) is 23.4 Å². The van der Waals surface area contributed by atoms with E-state index >= 15 is 0 Å². The van der Waals surface area contributed by atoms with Crippen LogP contribution in [0.4, 0.5) is 0 Å². The maximum atomic E-state index is 11.9. The third kappa shape index (κ3) is 2.74. The number of nitrogens with two attached hydrogens (primary N) is 1. The second kappa shape index (κ2) is 6.25. The van der Waals surface area contributed by atoms with Gasteiger partial charge < -0.3 is 15.3 Å². The average molecular weight is 375 g/mol. The van der Waals surface area contributed by atoms with Crippen molar-refractivity contribution in [3.63, 3.8) is 0 Å². The number of thioether (sulfide) groups is 2. The number of benzene rings is 1. The molecule has 2 atom stereocenters. The molecule has 0 unspecified atom stereocenters. The molecule has 0 spiro atoms. The molecule has 2 aliphatic rings. The molecule has 0 bridgehead atoms. The van der Waals surface area contributed by atoms with Crippen molar-refractivity contribution in [1.29, 1.82) is 0 Å². The second-order valence-electron chi connectivity index (χ2n) is 5.48. The van der Waals surface area contributed by atoms with Crippen molar-refractivity contribution < 1.29 is 19.1 Å². The predicted molar refractivity (Wildman–Crippen MR) is 93.5 cm³/mol. The van der Waals surface area contributed by atoms with Gasteiger partial charge in [-0.25, -0.2) is 9.78 Å². The Morgan fingerprint density at radius 3 is 2.80 bits per heavy atom. The molecule has 7 nitrogen and oxygen atoms in total.